The molecule has 2 N–H and O–H groups in total. The molecular formula is C21H23Cl2N3O4. The van der Waals surface area contributed by atoms with E-state index in [1.165, 1.54) is 0 Å². The van der Waals surface area contributed by atoms with E-state index in [0.29, 0.717) is 52.7 Å². The normalized spacial score (nSPS) is 12.9. The summed E-state index contributed by atoms with van der Waals surface area (Å²) < 4.78 is 11.2. The quantitative estimate of drug-likeness (QED) is 0.663. The molecule has 7 nitrogen and oxygen atoms in total. The summed E-state index contributed by atoms with van der Waals surface area (Å²) in [6.07, 6.45) is 0.809. The Bertz CT molecular complexity index is 903. The van der Waals surface area contributed by atoms with Crippen LogP contribution in [-0.4, -0.2) is 49.6 Å². The van der Waals surface area contributed by atoms with Gasteiger partial charge in [0.2, 0.25) is 11.8 Å². The minimum absolute atomic E-state index is 0.0204. The number of anilines is 2. The number of hydrogen-bond acceptors (Lipinski definition) is 5. The zero-order valence-corrected chi connectivity index (χ0v) is 18.1. The molecule has 0 saturated carbocycles. The minimum atomic E-state index is -0.310. The average Bonchev–Trinajstić information content (AvgIpc) is 2.95. The number of rotatable bonds is 7. The highest BCUT2D eigenvalue weighted by molar-refractivity contribution is 6.39. The number of hydrogen-bond donors (Lipinski definition) is 2. The third kappa shape index (κ3) is 6.01. The van der Waals surface area contributed by atoms with Crippen LogP contribution >= 0.6 is 23.2 Å². The Morgan fingerprint density at radius 3 is 2.27 bits per heavy atom. The Balaban J connectivity index is 1.55. The van der Waals surface area contributed by atoms with Crippen LogP contribution in [0.1, 0.15) is 13.3 Å². The van der Waals surface area contributed by atoms with Crippen LogP contribution in [0, 0.1) is 0 Å². The fourth-order valence-electron chi connectivity index (χ4n) is 2.92. The maximum Gasteiger partial charge on any atom is 0.238 e. The molecule has 1 aliphatic rings. The Morgan fingerprint density at radius 1 is 0.967 bits per heavy atom. The number of amides is 2. The van der Waals surface area contributed by atoms with E-state index in [1.54, 1.807) is 41.3 Å². The average molecular weight is 452 g/mol. The van der Waals surface area contributed by atoms with Crippen molar-refractivity contribution in [3.05, 3.63) is 46.4 Å². The van der Waals surface area contributed by atoms with Crippen LogP contribution in [0.2, 0.25) is 10.0 Å². The van der Waals surface area contributed by atoms with Crippen molar-refractivity contribution in [2.45, 2.75) is 13.3 Å². The molecule has 2 aromatic carbocycles. The standard InChI is InChI=1S/C21H23Cl2N3O4/c1-2-26(13-20(28)25-21-15(22)5-3-6-16(21)23)12-19(27)24-14-7-8-17-18(11-14)30-10-4-9-29-17/h3,5-8,11H,2,4,9-10,12-13H2,1H3,(H,24,27)(H,25,28). The summed E-state index contributed by atoms with van der Waals surface area (Å²) in [6, 6.07) is 10.2. The van der Waals surface area contributed by atoms with Crippen LogP contribution < -0.4 is 20.1 Å². The number of nitrogens with one attached hydrogen (secondary N) is 2. The van der Waals surface area contributed by atoms with Crippen LogP contribution in [0.5, 0.6) is 11.5 Å². The summed E-state index contributed by atoms with van der Waals surface area (Å²) in [5.74, 6) is 0.717. The molecule has 1 aliphatic heterocycles. The molecule has 0 unspecified atom stereocenters. The zero-order chi connectivity index (χ0) is 21.5. The molecule has 1 heterocycles. The first-order valence-electron chi connectivity index (χ1n) is 9.62. The SMILES string of the molecule is CCN(CC(=O)Nc1ccc2c(c1)OCCCO2)CC(=O)Nc1c(Cl)cccc1Cl. The fraction of sp³-hybridized carbons (Fsp3) is 0.333. The zero-order valence-electron chi connectivity index (χ0n) is 16.5. The van der Waals surface area contributed by atoms with E-state index in [9.17, 15) is 9.59 Å². The van der Waals surface area contributed by atoms with Crippen molar-refractivity contribution in [1.82, 2.24) is 4.90 Å². The Hall–Kier alpha value is -2.48. The van der Waals surface area contributed by atoms with E-state index in [2.05, 4.69) is 10.6 Å². The molecule has 0 bridgehead atoms. The lowest BCUT2D eigenvalue weighted by molar-refractivity contribution is -0.119. The van der Waals surface area contributed by atoms with Gasteiger partial charge in [0, 0.05) is 18.2 Å². The summed E-state index contributed by atoms with van der Waals surface area (Å²) >= 11 is 12.2. The maximum absolute atomic E-state index is 12.5. The molecule has 0 aromatic heterocycles. The number of carbonyl (C=O) groups is 2. The van der Waals surface area contributed by atoms with Crippen LogP contribution in [-0.2, 0) is 9.59 Å². The van der Waals surface area contributed by atoms with Crippen molar-refractivity contribution < 1.29 is 19.1 Å². The Kier molecular flexibility index (Phi) is 7.79. The van der Waals surface area contributed by atoms with E-state index >= 15 is 0 Å². The number of benzene rings is 2. The molecule has 0 saturated heterocycles. The van der Waals surface area contributed by atoms with Crippen molar-refractivity contribution in [3.8, 4) is 11.5 Å². The van der Waals surface area contributed by atoms with Crippen molar-refractivity contribution in [2.75, 3.05) is 43.5 Å². The van der Waals surface area contributed by atoms with Gasteiger partial charge in [-0.05, 0) is 30.8 Å². The summed E-state index contributed by atoms with van der Waals surface area (Å²) in [5.41, 5.74) is 0.964. The number of ether oxygens (including phenoxy) is 2. The summed E-state index contributed by atoms with van der Waals surface area (Å²) in [4.78, 5) is 26.6. The number of nitrogens with zero attached hydrogens (tertiary/aromatic N) is 1. The molecule has 2 aromatic rings. The van der Waals surface area contributed by atoms with Crippen molar-refractivity contribution in [2.24, 2.45) is 0 Å². The van der Waals surface area contributed by atoms with Crippen LogP contribution in [0.3, 0.4) is 0 Å². The molecule has 0 aliphatic carbocycles. The van der Waals surface area contributed by atoms with Gasteiger partial charge in [-0.2, -0.15) is 0 Å². The van der Waals surface area contributed by atoms with Crippen LogP contribution in [0.25, 0.3) is 0 Å². The van der Waals surface area contributed by atoms with Crippen molar-refractivity contribution in [1.29, 1.82) is 0 Å². The molecule has 0 spiro atoms. The first kappa shape index (κ1) is 22.2. The largest absolute Gasteiger partial charge is 0.490 e. The molecule has 160 valence electrons. The van der Waals surface area contributed by atoms with Gasteiger partial charge in [0.15, 0.2) is 11.5 Å². The molecule has 0 radical (unpaired) electrons. The molecule has 0 fully saturated rings. The van der Waals surface area contributed by atoms with Gasteiger partial charge in [0.1, 0.15) is 0 Å². The van der Waals surface area contributed by atoms with E-state index in [0.717, 1.165) is 6.42 Å². The molecule has 30 heavy (non-hydrogen) atoms. The van der Waals surface area contributed by atoms with Crippen LogP contribution in [0.15, 0.2) is 36.4 Å². The summed E-state index contributed by atoms with van der Waals surface area (Å²) in [6.45, 7) is 3.63. The van der Waals surface area contributed by atoms with Gasteiger partial charge in [-0.1, -0.05) is 36.2 Å². The lowest BCUT2D eigenvalue weighted by Crippen LogP contribution is -2.38. The molecular weight excluding hydrogens is 429 g/mol. The number of fused-ring (bicyclic) bond motifs is 1. The van der Waals surface area contributed by atoms with Crippen molar-refractivity contribution in [3.63, 3.8) is 0 Å². The number of halogens is 2. The maximum atomic E-state index is 12.5. The number of carbonyl (C=O) groups excluding carboxylic acids is 2. The second kappa shape index (κ2) is 10.5. The predicted octanol–water partition coefficient (Wildman–Crippen LogP) is 4.05. The first-order chi connectivity index (χ1) is 14.5. The molecule has 9 heteroatoms. The lowest BCUT2D eigenvalue weighted by atomic mass is 10.2. The third-order valence-electron chi connectivity index (χ3n) is 4.44. The van der Waals surface area contributed by atoms with Gasteiger partial charge in [-0.15, -0.1) is 0 Å². The molecule has 3 rings (SSSR count). The summed E-state index contributed by atoms with van der Waals surface area (Å²) in [5, 5.41) is 6.23. The van der Waals surface area contributed by atoms with Gasteiger partial charge >= 0.3 is 0 Å². The minimum Gasteiger partial charge on any atom is -0.490 e. The summed E-state index contributed by atoms with van der Waals surface area (Å²) in [7, 11) is 0. The second-order valence-electron chi connectivity index (χ2n) is 6.71. The smallest absolute Gasteiger partial charge is 0.238 e. The Morgan fingerprint density at radius 2 is 1.60 bits per heavy atom. The predicted molar refractivity (Wildman–Crippen MR) is 118 cm³/mol. The highest BCUT2D eigenvalue weighted by Gasteiger charge is 2.17. The Labute approximate surface area is 185 Å². The van der Waals surface area contributed by atoms with Gasteiger partial charge in [-0.3, -0.25) is 14.5 Å². The van der Waals surface area contributed by atoms with E-state index in [1.807, 2.05) is 6.92 Å². The number of para-hydroxylation sites is 1. The van der Waals surface area contributed by atoms with Crippen molar-refractivity contribution >= 4 is 46.4 Å². The van der Waals surface area contributed by atoms with Gasteiger partial charge in [0.05, 0.1) is 42.0 Å². The highest BCUT2D eigenvalue weighted by Crippen LogP contribution is 2.32. The van der Waals surface area contributed by atoms with Gasteiger partial charge < -0.3 is 20.1 Å². The topological polar surface area (TPSA) is 79.9 Å². The van der Waals surface area contributed by atoms with E-state index in [4.69, 9.17) is 32.7 Å². The van der Waals surface area contributed by atoms with E-state index in [-0.39, 0.29) is 24.9 Å². The molecule has 0 atom stereocenters. The van der Waals surface area contributed by atoms with E-state index < -0.39 is 0 Å². The fourth-order valence-corrected chi connectivity index (χ4v) is 3.42. The molecule has 2 amide bonds. The third-order valence-corrected chi connectivity index (χ3v) is 5.07. The number of likely N-dealkylation sites (N-methyl/N-ethyl adjacent to an activating group) is 1. The lowest BCUT2D eigenvalue weighted by Gasteiger charge is -2.20. The van der Waals surface area contributed by atoms with Crippen LogP contribution in [0.4, 0.5) is 11.4 Å². The first-order valence-corrected chi connectivity index (χ1v) is 10.4. The van der Waals surface area contributed by atoms with Gasteiger partial charge in [-0.25, -0.2) is 0 Å². The monoisotopic (exact) mass is 451 g/mol. The second-order valence-corrected chi connectivity index (χ2v) is 7.52. The highest BCUT2D eigenvalue weighted by atomic mass is 35.5. The van der Waals surface area contributed by atoms with Gasteiger partial charge in [0.25, 0.3) is 0 Å².